The van der Waals surface area contributed by atoms with E-state index in [4.69, 9.17) is 0 Å². The lowest BCUT2D eigenvalue weighted by atomic mass is 10.0. The minimum absolute atomic E-state index is 0.170. The van der Waals surface area contributed by atoms with Gasteiger partial charge < -0.3 is 5.32 Å². The van der Waals surface area contributed by atoms with E-state index in [0.717, 1.165) is 18.9 Å². The van der Waals surface area contributed by atoms with Crippen molar-refractivity contribution >= 4 is 11.8 Å². The summed E-state index contributed by atoms with van der Waals surface area (Å²) < 4.78 is 0. The van der Waals surface area contributed by atoms with Crippen LogP contribution in [0.25, 0.3) is 0 Å². The van der Waals surface area contributed by atoms with E-state index in [1.807, 2.05) is 0 Å². The fraction of sp³-hybridized carbons (Fsp3) is 0.529. The lowest BCUT2D eigenvalue weighted by Crippen LogP contribution is -2.36. The maximum absolute atomic E-state index is 12.1. The quantitative estimate of drug-likeness (QED) is 0.591. The molecule has 1 aliphatic rings. The summed E-state index contributed by atoms with van der Waals surface area (Å²) >= 11 is 0. The molecule has 1 atom stereocenters. The van der Waals surface area contributed by atoms with Crippen LogP contribution in [0.15, 0.2) is 24.3 Å². The van der Waals surface area contributed by atoms with Crippen LogP contribution in [-0.4, -0.2) is 36.3 Å². The largest absolute Gasteiger partial charge is 0.315 e. The molecule has 1 aliphatic heterocycles. The van der Waals surface area contributed by atoms with Crippen molar-refractivity contribution in [1.29, 1.82) is 0 Å². The number of carbonyl (C=O) groups is 2. The summed E-state index contributed by atoms with van der Waals surface area (Å²) in [5.41, 5.74) is 1.05. The Morgan fingerprint density at radius 3 is 2.24 bits per heavy atom. The number of benzene rings is 1. The van der Waals surface area contributed by atoms with Crippen molar-refractivity contribution in [3.8, 4) is 0 Å². The summed E-state index contributed by atoms with van der Waals surface area (Å²) in [6, 6.07) is 7.02. The second-order valence-corrected chi connectivity index (χ2v) is 5.74. The van der Waals surface area contributed by atoms with Gasteiger partial charge in [-0.15, -0.1) is 0 Å². The first-order valence-corrected chi connectivity index (χ1v) is 7.81. The van der Waals surface area contributed by atoms with Crippen LogP contribution in [0.5, 0.6) is 0 Å². The molecule has 0 radical (unpaired) electrons. The maximum Gasteiger partial charge on any atom is 0.261 e. The number of hydrogen-bond acceptors (Lipinski definition) is 3. The average Bonchev–Trinajstić information content (AvgIpc) is 2.72. The van der Waals surface area contributed by atoms with Crippen LogP contribution in [-0.2, 0) is 0 Å². The van der Waals surface area contributed by atoms with Gasteiger partial charge in [-0.25, -0.2) is 0 Å². The smallest absolute Gasteiger partial charge is 0.261 e. The SMILES string of the molecule is CCCC(C)CCNCCN1C(=O)c2ccccc2C1=O. The van der Waals surface area contributed by atoms with Crippen molar-refractivity contribution in [3.63, 3.8) is 0 Å². The molecule has 21 heavy (non-hydrogen) atoms. The zero-order valence-electron chi connectivity index (χ0n) is 12.9. The zero-order valence-corrected chi connectivity index (χ0v) is 12.9. The highest BCUT2D eigenvalue weighted by molar-refractivity contribution is 6.21. The minimum atomic E-state index is -0.170. The Morgan fingerprint density at radius 1 is 1.05 bits per heavy atom. The molecule has 114 valence electrons. The monoisotopic (exact) mass is 288 g/mol. The van der Waals surface area contributed by atoms with E-state index in [1.54, 1.807) is 24.3 Å². The first-order chi connectivity index (χ1) is 10.1. The highest BCUT2D eigenvalue weighted by Crippen LogP contribution is 2.21. The fourth-order valence-electron chi connectivity index (χ4n) is 2.74. The molecule has 0 spiro atoms. The van der Waals surface area contributed by atoms with Gasteiger partial charge in [-0.05, 0) is 31.0 Å². The van der Waals surface area contributed by atoms with Crippen LogP contribution in [0.3, 0.4) is 0 Å². The lowest BCUT2D eigenvalue weighted by molar-refractivity contribution is 0.0655. The zero-order chi connectivity index (χ0) is 15.2. The Balaban J connectivity index is 1.76. The Hall–Kier alpha value is -1.68. The van der Waals surface area contributed by atoms with Crippen LogP contribution in [0.2, 0.25) is 0 Å². The van der Waals surface area contributed by atoms with Gasteiger partial charge >= 0.3 is 0 Å². The molecule has 0 saturated carbocycles. The second-order valence-electron chi connectivity index (χ2n) is 5.74. The van der Waals surface area contributed by atoms with E-state index < -0.39 is 0 Å². The minimum Gasteiger partial charge on any atom is -0.315 e. The number of imide groups is 1. The molecule has 1 N–H and O–H groups in total. The topological polar surface area (TPSA) is 49.4 Å². The van der Waals surface area contributed by atoms with Gasteiger partial charge in [0.05, 0.1) is 11.1 Å². The van der Waals surface area contributed by atoms with Crippen molar-refractivity contribution in [1.82, 2.24) is 10.2 Å². The first-order valence-electron chi connectivity index (χ1n) is 7.81. The molecule has 0 aliphatic carbocycles. The molecule has 1 aromatic carbocycles. The van der Waals surface area contributed by atoms with Gasteiger partial charge in [-0.3, -0.25) is 14.5 Å². The molecule has 0 saturated heterocycles. The van der Waals surface area contributed by atoms with Crippen molar-refractivity contribution < 1.29 is 9.59 Å². The van der Waals surface area contributed by atoms with E-state index in [0.29, 0.717) is 24.2 Å². The normalized spacial score (nSPS) is 15.4. The molecule has 0 bridgehead atoms. The second kappa shape index (κ2) is 7.36. The number of hydrogen-bond donors (Lipinski definition) is 1. The van der Waals surface area contributed by atoms with Crippen LogP contribution >= 0.6 is 0 Å². The van der Waals surface area contributed by atoms with Crippen molar-refractivity contribution in [2.45, 2.75) is 33.1 Å². The lowest BCUT2D eigenvalue weighted by Gasteiger charge is -2.15. The number of carbonyl (C=O) groups excluding carboxylic acids is 2. The first kappa shape index (κ1) is 15.7. The molecule has 4 nitrogen and oxygen atoms in total. The van der Waals surface area contributed by atoms with Crippen LogP contribution in [0, 0.1) is 5.92 Å². The van der Waals surface area contributed by atoms with Crippen LogP contribution < -0.4 is 5.32 Å². The molecule has 0 fully saturated rings. The number of rotatable bonds is 8. The Labute approximate surface area is 126 Å². The molecular weight excluding hydrogens is 264 g/mol. The highest BCUT2D eigenvalue weighted by atomic mass is 16.2. The molecule has 1 heterocycles. The van der Waals surface area contributed by atoms with Crippen LogP contribution in [0.1, 0.15) is 53.8 Å². The van der Waals surface area contributed by atoms with Crippen LogP contribution in [0.4, 0.5) is 0 Å². The third-order valence-electron chi connectivity index (χ3n) is 3.99. The predicted molar refractivity (Wildman–Crippen MR) is 83.4 cm³/mol. The Kier molecular flexibility index (Phi) is 5.51. The molecule has 2 amide bonds. The van der Waals surface area contributed by atoms with E-state index >= 15 is 0 Å². The Morgan fingerprint density at radius 2 is 1.67 bits per heavy atom. The molecule has 0 aromatic heterocycles. The van der Waals surface area contributed by atoms with Gasteiger partial charge in [0.2, 0.25) is 0 Å². The predicted octanol–water partition coefficient (Wildman–Crippen LogP) is 2.70. The van der Waals surface area contributed by atoms with Gasteiger partial charge in [-0.1, -0.05) is 38.8 Å². The maximum atomic E-state index is 12.1. The molecule has 4 heteroatoms. The Bertz CT molecular complexity index is 478. The number of amides is 2. The van der Waals surface area contributed by atoms with Gasteiger partial charge in [0.25, 0.3) is 11.8 Å². The van der Waals surface area contributed by atoms with Crippen molar-refractivity contribution in [2.24, 2.45) is 5.92 Å². The number of nitrogens with one attached hydrogen (secondary N) is 1. The van der Waals surface area contributed by atoms with Gasteiger partial charge in [0.15, 0.2) is 0 Å². The molecule has 1 unspecified atom stereocenters. The highest BCUT2D eigenvalue weighted by Gasteiger charge is 2.34. The number of nitrogens with zero attached hydrogens (tertiary/aromatic N) is 1. The van der Waals surface area contributed by atoms with Crippen molar-refractivity contribution in [2.75, 3.05) is 19.6 Å². The van der Waals surface area contributed by atoms with Crippen molar-refractivity contribution in [3.05, 3.63) is 35.4 Å². The van der Waals surface area contributed by atoms with Gasteiger partial charge in [0.1, 0.15) is 0 Å². The van der Waals surface area contributed by atoms with E-state index in [9.17, 15) is 9.59 Å². The molecule has 1 aromatic rings. The summed E-state index contributed by atoms with van der Waals surface area (Å²) in [6.45, 7) is 6.49. The van der Waals surface area contributed by atoms with Gasteiger partial charge in [-0.2, -0.15) is 0 Å². The molecule has 2 rings (SSSR count). The average molecular weight is 288 g/mol. The van der Waals surface area contributed by atoms with E-state index in [2.05, 4.69) is 19.2 Å². The summed E-state index contributed by atoms with van der Waals surface area (Å²) in [5.74, 6) is 0.385. The summed E-state index contributed by atoms with van der Waals surface area (Å²) in [6.07, 6.45) is 3.60. The molecular formula is C17H24N2O2. The summed E-state index contributed by atoms with van der Waals surface area (Å²) in [5, 5.41) is 3.32. The van der Waals surface area contributed by atoms with E-state index in [1.165, 1.54) is 17.7 Å². The standard InChI is InChI=1S/C17H24N2O2/c1-3-6-13(2)9-10-18-11-12-19-16(20)14-7-4-5-8-15(14)17(19)21/h4-5,7-8,13,18H,3,6,9-12H2,1-2H3. The van der Waals surface area contributed by atoms with E-state index in [-0.39, 0.29) is 11.8 Å². The summed E-state index contributed by atoms with van der Waals surface area (Å²) in [4.78, 5) is 25.6. The number of fused-ring (bicyclic) bond motifs is 1. The third-order valence-corrected chi connectivity index (χ3v) is 3.99. The van der Waals surface area contributed by atoms with Gasteiger partial charge in [0, 0.05) is 13.1 Å². The fourth-order valence-corrected chi connectivity index (χ4v) is 2.74. The third kappa shape index (κ3) is 3.70. The summed E-state index contributed by atoms with van der Waals surface area (Å²) in [7, 11) is 0.